The van der Waals surface area contributed by atoms with Gasteiger partial charge in [-0.05, 0) is 73.5 Å². The molecule has 5 heteroatoms. The van der Waals surface area contributed by atoms with Crippen LogP contribution in [0, 0.1) is 5.92 Å². The highest BCUT2D eigenvalue weighted by Crippen LogP contribution is 2.23. The number of hydrogen-bond acceptors (Lipinski definition) is 2. The predicted octanol–water partition coefficient (Wildman–Crippen LogP) is 4.87. The summed E-state index contributed by atoms with van der Waals surface area (Å²) < 4.78 is 2.00. The molecule has 0 bridgehead atoms. The summed E-state index contributed by atoms with van der Waals surface area (Å²) in [4.78, 5) is 27.5. The lowest BCUT2D eigenvalue weighted by atomic mass is 9.89. The molecule has 2 aromatic carbocycles. The lowest BCUT2D eigenvalue weighted by Crippen LogP contribution is -2.42. The molecule has 4 nitrogen and oxygen atoms in total. The van der Waals surface area contributed by atoms with E-state index in [1.807, 2.05) is 53.4 Å². The second-order valence-electron chi connectivity index (χ2n) is 7.10. The molecule has 1 aromatic heterocycles. The van der Waals surface area contributed by atoms with E-state index in [4.69, 9.17) is 11.6 Å². The summed E-state index contributed by atoms with van der Waals surface area (Å²) in [6.45, 7) is 1.14. The number of nitrogens with zero attached hydrogens (tertiary/aromatic N) is 2. The Bertz CT molecular complexity index is 963. The van der Waals surface area contributed by atoms with Gasteiger partial charge in [0.2, 0.25) is 0 Å². The molecule has 0 spiro atoms. The summed E-state index contributed by atoms with van der Waals surface area (Å²) in [5.74, 6) is -0.109. The van der Waals surface area contributed by atoms with E-state index in [1.165, 1.54) is 0 Å². The Balaban J connectivity index is 1.46. The predicted molar refractivity (Wildman–Crippen MR) is 110 cm³/mol. The van der Waals surface area contributed by atoms with Gasteiger partial charge in [-0.2, -0.15) is 0 Å². The van der Waals surface area contributed by atoms with Crippen LogP contribution in [0.15, 0.2) is 73.1 Å². The van der Waals surface area contributed by atoms with E-state index in [0.29, 0.717) is 29.2 Å². The lowest BCUT2D eigenvalue weighted by Gasteiger charge is -2.32. The third-order valence-corrected chi connectivity index (χ3v) is 5.48. The fourth-order valence-corrected chi connectivity index (χ4v) is 3.82. The first kappa shape index (κ1) is 18.5. The molecule has 0 N–H and O–H groups in total. The largest absolute Gasteiger partial charge is 0.338 e. The molecule has 1 saturated heterocycles. The number of amides is 1. The van der Waals surface area contributed by atoms with E-state index in [0.717, 1.165) is 18.5 Å². The number of halogens is 1. The summed E-state index contributed by atoms with van der Waals surface area (Å²) in [7, 11) is 0. The number of aromatic nitrogens is 1. The molecule has 1 aliphatic heterocycles. The zero-order valence-corrected chi connectivity index (χ0v) is 16.2. The van der Waals surface area contributed by atoms with Crippen LogP contribution in [0.1, 0.15) is 33.6 Å². The van der Waals surface area contributed by atoms with Crippen LogP contribution in [0.4, 0.5) is 0 Å². The van der Waals surface area contributed by atoms with Gasteiger partial charge in [-0.3, -0.25) is 9.59 Å². The van der Waals surface area contributed by atoms with Crippen molar-refractivity contribution in [2.75, 3.05) is 13.1 Å². The summed E-state index contributed by atoms with van der Waals surface area (Å²) in [6.07, 6.45) is 5.57. The Labute approximate surface area is 169 Å². The number of hydrogen-bond donors (Lipinski definition) is 0. The van der Waals surface area contributed by atoms with Crippen LogP contribution >= 0.6 is 11.6 Å². The van der Waals surface area contributed by atoms with Crippen LogP contribution in [0.25, 0.3) is 5.69 Å². The Morgan fingerprint density at radius 2 is 1.54 bits per heavy atom. The van der Waals surface area contributed by atoms with Crippen LogP contribution in [0.5, 0.6) is 0 Å². The molecule has 0 aliphatic carbocycles. The highest BCUT2D eigenvalue weighted by Gasteiger charge is 2.29. The molecule has 0 radical (unpaired) electrons. The molecular weight excluding hydrogens is 372 g/mol. The minimum absolute atomic E-state index is 0.0207. The van der Waals surface area contributed by atoms with Crippen molar-refractivity contribution in [1.82, 2.24) is 9.47 Å². The maximum atomic E-state index is 12.9. The number of benzene rings is 2. The van der Waals surface area contributed by atoms with Gasteiger partial charge in [-0.15, -0.1) is 0 Å². The van der Waals surface area contributed by atoms with Crippen molar-refractivity contribution in [3.8, 4) is 5.69 Å². The van der Waals surface area contributed by atoms with Crippen LogP contribution in [0.3, 0.4) is 0 Å². The third kappa shape index (κ3) is 3.87. The van der Waals surface area contributed by atoms with E-state index in [-0.39, 0.29) is 17.6 Å². The van der Waals surface area contributed by atoms with E-state index in [9.17, 15) is 9.59 Å². The fourth-order valence-electron chi connectivity index (χ4n) is 3.69. The van der Waals surface area contributed by atoms with Crippen LogP contribution in [-0.2, 0) is 0 Å². The molecule has 1 aliphatic rings. The van der Waals surface area contributed by atoms with E-state index >= 15 is 0 Å². The van der Waals surface area contributed by atoms with Gasteiger partial charge in [0.05, 0.1) is 0 Å². The van der Waals surface area contributed by atoms with Gasteiger partial charge in [0.25, 0.3) is 5.91 Å². The number of piperidine rings is 1. The van der Waals surface area contributed by atoms with Crippen LogP contribution < -0.4 is 0 Å². The minimum atomic E-state index is -0.168. The monoisotopic (exact) mass is 392 g/mol. The van der Waals surface area contributed by atoms with Crippen molar-refractivity contribution in [1.29, 1.82) is 0 Å². The number of ketones is 1. The Kier molecular flexibility index (Phi) is 5.31. The Morgan fingerprint density at radius 3 is 2.21 bits per heavy atom. The minimum Gasteiger partial charge on any atom is -0.338 e. The molecule has 3 aromatic rings. The molecule has 28 heavy (non-hydrogen) atoms. The molecule has 142 valence electrons. The second kappa shape index (κ2) is 8.03. The Morgan fingerprint density at radius 1 is 0.893 bits per heavy atom. The SMILES string of the molecule is O=C(c1ccc(Cl)cc1)C1CCCN(C(=O)c2ccc(-n3cccc3)cc2)C1. The molecular formula is C23H21ClN2O2. The topological polar surface area (TPSA) is 42.3 Å². The molecule has 0 saturated carbocycles. The molecule has 4 rings (SSSR count). The molecule has 1 unspecified atom stereocenters. The zero-order valence-electron chi connectivity index (χ0n) is 15.4. The van der Waals surface area contributed by atoms with Crippen molar-refractivity contribution in [3.63, 3.8) is 0 Å². The highest BCUT2D eigenvalue weighted by atomic mass is 35.5. The first-order valence-electron chi connectivity index (χ1n) is 9.44. The number of Topliss-reactive ketones (excluding diaryl/α,β-unsaturated/α-hetero) is 1. The van der Waals surface area contributed by atoms with Gasteiger partial charge >= 0.3 is 0 Å². The van der Waals surface area contributed by atoms with Crippen LogP contribution in [0.2, 0.25) is 5.02 Å². The molecule has 1 fully saturated rings. The number of carbonyl (C=O) groups is 2. The average molecular weight is 393 g/mol. The summed E-state index contributed by atoms with van der Waals surface area (Å²) in [5, 5.41) is 0.611. The number of rotatable bonds is 4. The van der Waals surface area contributed by atoms with E-state index in [1.54, 1.807) is 29.2 Å². The second-order valence-corrected chi connectivity index (χ2v) is 7.54. The number of carbonyl (C=O) groups excluding carboxylic acids is 2. The zero-order chi connectivity index (χ0) is 19.5. The van der Waals surface area contributed by atoms with Crippen molar-refractivity contribution >= 4 is 23.3 Å². The van der Waals surface area contributed by atoms with Gasteiger partial charge in [-0.25, -0.2) is 0 Å². The smallest absolute Gasteiger partial charge is 0.253 e. The maximum Gasteiger partial charge on any atom is 0.253 e. The number of likely N-dealkylation sites (tertiary alicyclic amines) is 1. The van der Waals surface area contributed by atoms with Crippen molar-refractivity contribution < 1.29 is 9.59 Å². The highest BCUT2D eigenvalue weighted by molar-refractivity contribution is 6.30. The van der Waals surface area contributed by atoms with E-state index < -0.39 is 0 Å². The maximum absolute atomic E-state index is 12.9. The summed E-state index contributed by atoms with van der Waals surface area (Å²) in [6, 6.07) is 18.5. The lowest BCUT2D eigenvalue weighted by molar-refractivity contribution is 0.0637. The van der Waals surface area contributed by atoms with Gasteiger partial charge in [0.15, 0.2) is 5.78 Å². The summed E-state index contributed by atoms with van der Waals surface area (Å²) in [5.41, 5.74) is 2.31. The Hall–Kier alpha value is -2.85. The molecule has 1 amide bonds. The average Bonchev–Trinajstić information content (AvgIpc) is 3.28. The van der Waals surface area contributed by atoms with E-state index in [2.05, 4.69) is 0 Å². The van der Waals surface area contributed by atoms with Gasteiger partial charge in [0.1, 0.15) is 0 Å². The fraction of sp³-hybridized carbons (Fsp3) is 0.217. The van der Waals surface area contributed by atoms with Crippen molar-refractivity contribution in [2.24, 2.45) is 5.92 Å². The normalized spacial score (nSPS) is 16.8. The van der Waals surface area contributed by atoms with Crippen molar-refractivity contribution in [3.05, 3.63) is 89.2 Å². The van der Waals surface area contributed by atoms with Gasteiger partial charge in [0, 0.05) is 53.2 Å². The molecule has 1 atom stereocenters. The molecule has 2 heterocycles. The third-order valence-electron chi connectivity index (χ3n) is 5.22. The van der Waals surface area contributed by atoms with Gasteiger partial charge < -0.3 is 9.47 Å². The first-order valence-corrected chi connectivity index (χ1v) is 9.82. The standard InChI is InChI=1S/C23H21ClN2O2/c24-20-9-5-17(6-10-20)22(27)19-4-3-15-26(16-19)23(28)18-7-11-21(12-8-18)25-13-1-2-14-25/h1-2,5-14,19H,3-4,15-16H2. The van der Waals surface area contributed by atoms with Crippen LogP contribution in [-0.4, -0.2) is 34.2 Å². The van der Waals surface area contributed by atoms with Gasteiger partial charge in [-0.1, -0.05) is 11.6 Å². The quantitative estimate of drug-likeness (QED) is 0.594. The van der Waals surface area contributed by atoms with Crippen molar-refractivity contribution in [2.45, 2.75) is 12.8 Å². The first-order chi connectivity index (χ1) is 13.6. The summed E-state index contributed by atoms with van der Waals surface area (Å²) >= 11 is 5.91.